The second-order valence-corrected chi connectivity index (χ2v) is 6.91. The van der Waals surface area contributed by atoms with E-state index in [1.165, 1.54) is 16.6 Å². The molecule has 1 aliphatic heterocycles. The van der Waals surface area contributed by atoms with Crippen molar-refractivity contribution >= 4 is 28.3 Å². The summed E-state index contributed by atoms with van der Waals surface area (Å²) >= 11 is 5.97. The Morgan fingerprint density at radius 2 is 1.88 bits per heavy atom. The first-order chi connectivity index (χ1) is 11.7. The number of halogens is 1. The zero-order valence-corrected chi connectivity index (χ0v) is 14.2. The van der Waals surface area contributed by atoms with Crippen molar-refractivity contribution in [2.24, 2.45) is 11.7 Å². The van der Waals surface area contributed by atoms with E-state index >= 15 is 0 Å². The van der Waals surface area contributed by atoms with Gasteiger partial charge in [-0.1, -0.05) is 23.7 Å². The first kappa shape index (κ1) is 15.5. The molecule has 0 bridgehead atoms. The number of nitrogens with one attached hydrogen (secondary N) is 1. The maximum Gasteiger partial charge on any atom is 0.139 e. The van der Waals surface area contributed by atoms with Gasteiger partial charge in [0.1, 0.15) is 5.65 Å². The minimum absolute atomic E-state index is 0.0779. The topological polar surface area (TPSA) is 57.9 Å². The molecule has 0 amide bonds. The van der Waals surface area contributed by atoms with Crippen LogP contribution in [-0.2, 0) is 0 Å². The van der Waals surface area contributed by atoms with Crippen molar-refractivity contribution in [3.63, 3.8) is 0 Å². The second-order valence-electron chi connectivity index (χ2n) is 6.47. The third-order valence-electron chi connectivity index (χ3n) is 5.08. The Balaban J connectivity index is 1.47. The highest BCUT2D eigenvalue weighted by Gasteiger charge is 2.26. The first-order valence-corrected chi connectivity index (χ1v) is 8.78. The minimum Gasteiger partial charge on any atom is -0.371 e. The van der Waals surface area contributed by atoms with E-state index < -0.39 is 0 Å². The van der Waals surface area contributed by atoms with E-state index in [1.807, 2.05) is 36.7 Å². The molecule has 124 valence electrons. The van der Waals surface area contributed by atoms with Gasteiger partial charge in [0.2, 0.25) is 0 Å². The zero-order valence-electron chi connectivity index (χ0n) is 13.5. The van der Waals surface area contributed by atoms with Crippen LogP contribution in [0.5, 0.6) is 0 Å². The maximum atomic E-state index is 6.50. The molecule has 1 aliphatic rings. The maximum absolute atomic E-state index is 6.50. The van der Waals surface area contributed by atoms with Crippen LogP contribution in [0.3, 0.4) is 0 Å². The van der Waals surface area contributed by atoms with E-state index in [2.05, 4.69) is 27.0 Å². The van der Waals surface area contributed by atoms with Gasteiger partial charge in [0.25, 0.3) is 0 Å². The van der Waals surface area contributed by atoms with Crippen LogP contribution in [0.1, 0.15) is 24.4 Å². The Morgan fingerprint density at radius 3 is 2.62 bits per heavy atom. The Bertz CT molecular complexity index is 819. The van der Waals surface area contributed by atoms with Crippen LogP contribution in [0, 0.1) is 5.92 Å². The van der Waals surface area contributed by atoms with E-state index in [0.717, 1.165) is 36.6 Å². The molecule has 3 heterocycles. The quantitative estimate of drug-likeness (QED) is 0.753. The van der Waals surface area contributed by atoms with Gasteiger partial charge in [0, 0.05) is 47.6 Å². The van der Waals surface area contributed by atoms with Gasteiger partial charge in [-0.3, -0.25) is 0 Å². The van der Waals surface area contributed by atoms with E-state index in [1.54, 1.807) is 0 Å². The first-order valence-electron chi connectivity index (χ1n) is 8.40. The van der Waals surface area contributed by atoms with E-state index in [4.69, 9.17) is 17.3 Å². The average molecular weight is 341 g/mol. The van der Waals surface area contributed by atoms with Crippen molar-refractivity contribution in [2.45, 2.75) is 18.9 Å². The van der Waals surface area contributed by atoms with Crippen molar-refractivity contribution in [1.82, 2.24) is 9.97 Å². The SMILES string of the molecule is N[C@@H](c1ccc(Cl)cc1)C1CCN(c2ccnc3[nH]ccc23)CC1. The normalized spacial score (nSPS) is 17.3. The molecule has 4 nitrogen and oxygen atoms in total. The van der Waals surface area contributed by atoms with Gasteiger partial charge < -0.3 is 15.6 Å². The van der Waals surface area contributed by atoms with Crippen molar-refractivity contribution in [2.75, 3.05) is 18.0 Å². The number of nitrogens with zero attached hydrogens (tertiary/aromatic N) is 2. The summed E-state index contributed by atoms with van der Waals surface area (Å²) in [6.07, 6.45) is 6.01. The highest BCUT2D eigenvalue weighted by atomic mass is 35.5. The zero-order chi connectivity index (χ0) is 16.5. The van der Waals surface area contributed by atoms with Gasteiger partial charge in [-0.25, -0.2) is 4.98 Å². The summed E-state index contributed by atoms with van der Waals surface area (Å²) in [5.41, 5.74) is 9.89. The van der Waals surface area contributed by atoms with E-state index in [0.29, 0.717) is 5.92 Å². The standard InChI is InChI=1S/C19H21ClN4/c20-15-3-1-13(2-4-15)18(21)14-7-11-24(12-8-14)17-6-10-23-19-16(17)5-9-22-19/h1-6,9-10,14,18H,7-8,11-12,21H2,(H,22,23)/t18-/m0/s1. The number of anilines is 1. The highest BCUT2D eigenvalue weighted by molar-refractivity contribution is 6.30. The summed E-state index contributed by atoms with van der Waals surface area (Å²) in [5.74, 6) is 0.506. The number of aromatic nitrogens is 2. The Hall–Kier alpha value is -2.04. The number of H-pyrrole nitrogens is 1. The fraction of sp³-hybridized carbons (Fsp3) is 0.316. The lowest BCUT2D eigenvalue weighted by molar-refractivity contribution is 0.345. The summed E-state index contributed by atoms with van der Waals surface area (Å²) in [6, 6.07) is 12.2. The highest BCUT2D eigenvalue weighted by Crippen LogP contribution is 2.33. The molecule has 2 aromatic heterocycles. The van der Waals surface area contributed by atoms with Crippen molar-refractivity contribution in [3.05, 3.63) is 59.4 Å². The van der Waals surface area contributed by atoms with E-state index in [-0.39, 0.29) is 6.04 Å². The molecule has 0 aliphatic carbocycles. The van der Waals surface area contributed by atoms with E-state index in [9.17, 15) is 0 Å². The summed E-state index contributed by atoms with van der Waals surface area (Å²) in [7, 11) is 0. The van der Waals surface area contributed by atoms with Crippen LogP contribution >= 0.6 is 11.6 Å². The lowest BCUT2D eigenvalue weighted by Gasteiger charge is -2.36. The fourth-order valence-corrected chi connectivity index (χ4v) is 3.80. The van der Waals surface area contributed by atoms with Crippen LogP contribution in [0.2, 0.25) is 5.02 Å². The lowest BCUT2D eigenvalue weighted by atomic mass is 9.86. The molecule has 4 rings (SSSR count). The number of hydrogen-bond acceptors (Lipinski definition) is 3. The molecule has 3 N–H and O–H groups in total. The monoisotopic (exact) mass is 340 g/mol. The number of nitrogens with two attached hydrogens (primary N) is 1. The van der Waals surface area contributed by atoms with Crippen molar-refractivity contribution in [3.8, 4) is 0 Å². The molecular weight excluding hydrogens is 320 g/mol. The van der Waals surface area contributed by atoms with Crippen molar-refractivity contribution < 1.29 is 0 Å². The van der Waals surface area contributed by atoms with Crippen LogP contribution in [0.15, 0.2) is 48.8 Å². The molecular formula is C19H21ClN4. The van der Waals surface area contributed by atoms with Gasteiger partial charge in [-0.15, -0.1) is 0 Å². The number of pyridine rings is 1. The van der Waals surface area contributed by atoms with Crippen LogP contribution in [0.25, 0.3) is 11.0 Å². The summed E-state index contributed by atoms with van der Waals surface area (Å²) < 4.78 is 0. The third-order valence-corrected chi connectivity index (χ3v) is 5.33. The predicted molar refractivity (Wildman–Crippen MR) is 99.4 cm³/mol. The molecule has 3 aromatic rings. The van der Waals surface area contributed by atoms with Crippen molar-refractivity contribution in [1.29, 1.82) is 0 Å². The molecule has 0 saturated carbocycles. The number of hydrogen-bond donors (Lipinski definition) is 2. The second kappa shape index (κ2) is 6.46. The Morgan fingerprint density at radius 1 is 1.12 bits per heavy atom. The largest absolute Gasteiger partial charge is 0.371 e. The molecule has 0 spiro atoms. The Labute approximate surface area is 146 Å². The fourth-order valence-electron chi connectivity index (χ4n) is 3.68. The smallest absolute Gasteiger partial charge is 0.139 e. The summed E-state index contributed by atoms with van der Waals surface area (Å²) in [6.45, 7) is 2.05. The molecule has 1 aromatic carbocycles. The molecule has 24 heavy (non-hydrogen) atoms. The number of benzene rings is 1. The van der Waals surface area contributed by atoms with Crippen LogP contribution in [-0.4, -0.2) is 23.1 Å². The number of aromatic amines is 1. The molecule has 1 fully saturated rings. The number of fused-ring (bicyclic) bond motifs is 1. The van der Waals surface area contributed by atoms with Crippen LogP contribution in [0.4, 0.5) is 5.69 Å². The minimum atomic E-state index is 0.0779. The van der Waals surface area contributed by atoms with Crippen LogP contribution < -0.4 is 10.6 Å². The number of rotatable bonds is 3. The molecule has 1 atom stereocenters. The molecule has 5 heteroatoms. The summed E-state index contributed by atoms with van der Waals surface area (Å²) in [5, 5.41) is 1.95. The Kier molecular flexibility index (Phi) is 4.17. The van der Waals surface area contributed by atoms with Gasteiger partial charge in [-0.2, -0.15) is 0 Å². The van der Waals surface area contributed by atoms with Gasteiger partial charge in [0.05, 0.1) is 0 Å². The molecule has 0 radical (unpaired) electrons. The molecule has 0 unspecified atom stereocenters. The lowest BCUT2D eigenvalue weighted by Crippen LogP contribution is -2.37. The average Bonchev–Trinajstić information content (AvgIpc) is 3.11. The third kappa shape index (κ3) is 2.87. The molecule has 1 saturated heterocycles. The number of piperidine rings is 1. The van der Waals surface area contributed by atoms with Gasteiger partial charge in [0.15, 0.2) is 0 Å². The van der Waals surface area contributed by atoms with Gasteiger partial charge >= 0.3 is 0 Å². The summed E-state index contributed by atoms with van der Waals surface area (Å²) in [4.78, 5) is 10.0. The predicted octanol–water partition coefficient (Wildman–Crippen LogP) is 4.13. The van der Waals surface area contributed by atoms with Gasteiger partial charge in [-0.05, 0) is 48.6 Å².